The largest absolute Gasteiger partial charge is 0.492 e. The van der Waals surface area contributed by atoms with Crippen molar-refractivity contribution in [2.75, 3.05) is 20.3 Å². The van der Waals surface area contributed by atoms with Gasteiger partial charge in [-0.15, -0.1) is 11.3 Å². The number of aliphatic imine (C=N–C) groups is 1. The quantitative estimate of drug-likeness (QED) is 0.714. The second-order valence-electron chi connectivity index (χ2n) is 6.83. The first-order valence-corrected chi connectivity index (χ1v) is 9.99. The maximum atomic E-state index is 13.0. The lowest BCUT2D eigenvalue weighted by Gasteiger charge is -2.28. The molecule has 0 aromatic carbocycles. The van der Waals surface area contributed by atoms with Crippen LogP contribution in [0.15, 0.2) is 35.8 Å². The molecule has 2 aliphatic rings. The number of carbonyl (C=O) groups is 1. The molecule has 2 atom stereocenters. The first-order valence-electron chi connectivity index (χ1n) is 9.17. The summed E-state index contributed by atoms with van der Waals surface area (Å²) < 4.78 is 13.4. The standard InChI is InChI=1S/C19H19N5O3S/c1-26-10-13(24-6-3-5-22-24)15-12-4-2-7-27-16-14(12)18(19(25)23-15)28-17(16)11-8-20-21-9-11/h3,5-6,8-9,12-13H,2,4,7,10H2,1H3,(H,20,21)/t12?,13-/m0/s1. The van der Waals surface area contributed by atoms with E-state index in [4.69, 9.17) is 9.47 Å². The number of thiophene rings is 1. The minimum Gasteiger partial charge on any atom is -0.492 e. The molecule has 28 heavy (non-hydrogen) atoms. The first-order chi connectivity index (χ1) is 13.8. The molecule has 8 nitrogen and oxygen atoms in total. The fourth-order valence-electron chi connectivity index (χ4n) is 3.99. The molecular weight excluding hydrogens is 378 g/mol. The Morgan fingerprint density at radius 3 is 3.14 bits per heavy atom. The minimum atomic E-state index is -0.231. The van der Waals surface area contributed by atoms with E-state index in [-0.39, 0.29) is 17.9 Å². The van der Waals surface area contributed by atoms with Gasteiger partial charge in [0.2, 0.25) is 0 Å². The van der Waals surface area contributed by atoms with Crippen LogP contribution in [0.25, 0.3) is 10.4 Å². The molecule has 0 spiro atoms. The lowest BCUT2D eigenvalue weighted by atomic mass is 9.84. The Labute approximate surface area is 165 Å². The number of carbonyl (C=O) groups excluding carboxylic acids is 1. The number of hydrogen-bond acceptors (Lipinski definition) is 6. The second kappa shape index (κ2) is 6.99. The summed E-state index contributed by atoms with van der Waals surface area (Å²) in [7, 11) is 1.65. The first kappa shape index (κ1) is 17.3. The highest BCUT2D eigenvalue weighted by Crippen LogP contribution is 2.51. The third kappa shape index (κ3) is 2.70. The van der Waals surface area contributed by atoms with Crippen molar-refractivity contribution < 1.29 is 14.3 Å². The van der Waals surface area contributed by atoms with Gasteiger partial charge in [-0.3, -0.25) is 14.6 Å². The average Bonchev–Trinajstić information content (AvgIpc) is 3.43. The molecule has 3 aromatic rings. The maximum Gasteiger partial charge on any atom is 0.287 e. The van der Waals surface area contributed by atoms with E-state index in [1.807, 2.05) is 23.1 Å². The van der Waals surface area contributed by atoms with Gasteiger partial charge in [-0.25, -0.2) is 4.99 Å². The highest BCUT2D eigenvalue weighted by molar-refractivity contribution is 7.18. The molecule has 5 rings (SSSR count). The highest BCUT2D eigenvalue weighted by atomic mass is 32.1. The number of amides is 1. The van der Waals surface area contributed by atoms with Gasteiger partial charge >= 0.3 is 0 Å². The number of ether oxygens (including phenoxy) is 2. The SMILES string of the molecule is COC[C@@H](C1=NC(=O)c2sc(-c3cn[nH]c3)c3c2C1CCCO3)n1cccn1. The van der Waals surface area contributed by atoms with Crippen molar-refractivity contribution >= 4 is 23.0 Å². The maximum absolute atomic E-state index is 13.0. The molecule has 3 aromatic heterocycles. The van der Waals surface area contributed by atoms with Gasteiger partial charge in [-0.2, -0.15) is 10.2 Å². The molecule has 1 unspecified atom stereocenters. The summed E-state index contributed by atoms with van der Waals surface area (Å²) in [6.45, 7) is 1.01. The Kier molecular flexibility index (Phi) is 4.33. The molecule has 9 heteroatoms. The molecule has 0 radical (unpaired) electrons. The second-order valence-corrected chi connectivity index (χ2v) is 7.85. The van der Waals surface area contributed by atoms with Crippen molar-refractivity contribution in [2.24, 2.45) is 4.99 Å². The number of rotatable bonds is 5. The predicted octanol–water partition coefficient (Wildman–Crippen LogP) is 3.07. The van der Waals surface area contributed by atoms with Gasteiger partial charge in [0.05, 0.1) is 30.0 Å². The number of aromatic amines is 1. The molecule has 0 saturated carbocycles. The summed E-state index contributed by atoms with van der Waals surface area (Å²) in [5.41, 5.74) is 2.68. The lowest BCUT2D eigenvalue weighted by Crippen LogP contribution is -2.32. The van der Waals surface area contributed by atoms with E-state index < -0.39 is 0 Å². The van der Waals surface area contributed by atoms with Gasteiger partial charge in [0.1, 0.15) is 16.7 Å². The van der Waals surface area contributed by atoms with Gasteiger partial charge in [-0.1, -0.05) is 0 Å². The van der Waals surface area contributed by atoms with Gasteiger partial charge < -0.3 is 9.47 Å². The zero-order valence-corrected chi connectivity index (χ0v) is 16.1. The van der Waals surface area contributed by atoms with Crippen LogP contribution in [-0.2, 0) is 4.74 Å². The molecule has 1 amide bonds. The Morgan fingerprint density at radius 1 is 1.46 bits per heavy atom. The van der Waals surface area contributed by atoms with Crippen molar-refractivity contribution in [2.45, 2.75) is 24.8 Å². The number of nitrogens with one attached hydrogen (secondary N) is 1. The zero-order chi connectivity index (χ0) is 19.1. The summed E-state index contributed by atoms with van der Waals surface area (Å²) in [5.74, 6) is 0.578. The summed E-state index contributed by atoms with van der Waals surface area (Å²) in [6, 6.07) is 1.63. The summed E-state index contributed by atoms with van der Waals surface area (Å²) in [5, 5.41) is 11.3. The van der Waals surface area contributed by atoms with Crippen LogP contribution in [0.5, 0.6) is 5.75 Å². The molecule has 2 aliphatic heterocycles. The van der Waals surface area contributed by atoms with Crippen LogP contribution >= 0.6 is 11.3 Å². The average molecular weight is 397 g/mol. The fraction of sp³-hybridized carbons (Fsp3) is 0.368. The zero-order valence-electron chi connectivity index (χ0n) is 15.3. The van der Waals surface area contributed by atoms with Crippen molar-refractivity contribution in [3.05, 3.63) is 41.3 Å². The molecular formula is C19H19N5O3S. The summed E-state index contributed by atoms with van der Waals surface area (Å²) in [4.78, 5) is 19.1. The van der Waals surface area contributed by atoms with Crippen molar-refractivity contribution in [1.82, 2.24) is 20.0 Å². The van der Waals surface area contributed by atoms with E-state index in [0.29, 0.717) is 18.1 Å². The van der Waals surface area contributed by atoms with Crippen LogP contribution < -0.4 is 4.74 Å². The van der Waals surface area contributed by atoms with Crippen LogP contribution in [0.1, 0.15) is 40.0 Å². The molecule has 0 saturated heterocycles. The van der Waals surface area contributed by atoms with E-state index in [2.05, 4.69) is 20.3 Å². The minimum absolute atomic E-state index is 0.00597. The number of nitrogens with zero attached hydrogens (tertiary/aromatic N) is 4. The van der Waals surface area contributed by atoms with Gasteiger partial charge in [0, 0.05) is 42.7 Å². The molecule has 0 aliphatic carbocycles. The van der Waals surface area contributed by atoms with E-state index in [0.717, 1.165) is 40.3 Å². The number of H-pyrrole nitrogens is 1. The Balaban J connectivity index is 1.65. The van der Waals surface area contributed by atoms with Crippen LogP contribution in [0.2, 0.25) is 0 Å². The topological polar surface area (TPSA) is 94.4 Å². The van der Waals surface area contributed by atoms with Crippen LogP contribution in [0.4, 0.5) is 0 Å². The van der Waals surface area contributed by atoms with E-state index in [9.17, 15) is 4.79 Å². The Hall–Kier alpha value is -2.78. The van der Waals surface area contributed by atoms with E-state index in [1.165, 1.54) is 11.3 Å². The lowest BCUT2D eigenvalue weighted by molar-refractivity contribution is 0.100. The molecule has 1 N–H and O–H groups in total. The molecule has 0 bridgehead atoms. The number of aromatic nitrogens is 4. The smallest absolute Gasteiger partial charge is 0.287 e. The third-order valence-corrected chi connectivity index (χ3v) is 6.41. The van der Waals surface area contributed by atoms with Crippen molar-refractivity contribution in [1.29, 1.82) is 0 Å². The summed E-state index contributed by atoms with van der Waals surface area (Å²) in [6.07, 6.45) is 8.93. The predicted molar refractivity (Wildman–Crippen MR) is 104 cm³/mol. The Bertz CT molecular complexity index is 1020. The van der Waals surface area contributed by atoms with Gasteiger partial charge in [0.25, 0.3) is 5.91 Å². The summed E-state index contributed by atoms with van der Waals surface area (Å²) >= 11 is 1.43. The van der Waals surface area contributed by atoms with Crippen LogP contribution in [-0.4, -0.2) is 51.9 Å². The molecule has 5 heterocycles. The normalized spacial score (nSPS) is 19.5. The van der Waals surface area contributed by atoms with Crippen LogP contribution in [0, 0.1) is 0 Å². The highest BCUT2D eigenvalue weighted by Gasteiger charge is 2.40. The number of hydrogen-bond donors (Lipinski definition) is 1. The van der Waals surface area contributed by atoms with E-state index >= 15 is 0 Å². The van der Waals surface area contributed by atoms with E-state index in [1.54, 1.807) is 19.5 Å². The monoisotopic (exact) mass is 397 g/mol. The van der Waals surface area contributed by atoms with Gasteiger partial charge in [-0.05, 0) is 18.9 Å². The molecule has 144 valence electrons. The number of methoxy groups -OCH3 is 1. The van der Waals surface area contributed by atoms with Crippen molar-refractivity contribution in [3.63, 3.8) is 0 Å². The fourth-order valence-corrected chi connectivity index (χ4v) is 5.16. The third-order valence-electron chi connectivity index (χ3n) is 5.18. The van der Waals surface area contributed by atoms with Crippen LogP contribution in [0.3, 0.4) is 0 Å². The Morgan fingerprint density at radius 2 is 2.39 bits per heavy atom. The molecule has 0 fully saturated rings. The van der Waals surface area contributed by atoms with Gasteiger partial charge in [0.15, 0.2) is 0 Å². The van der Waals surface area contributed by atoms with Crippen molar-refractivity contribution in [3.8, 4) is 16.2 Å².